The highest BCUT2D eigenvalue weighted by Gasteiger charge is 2.19. The lowest BCUT2D eigenvalue weighted by molar-refractivity contribution is -0.145. The Labute approximate surface area is 179 Å². The Morgan fingerprint density at radius 2 is 1.37 bits per heavy atom. The average molecular weight is 423 g/mol. The molecule has 0 aliphatic rings. The van der Waals surface area contributed by atoms with E-state index in [0.29, 0.717) is 10.6 Å². The quantitative estimate of drug-likeness (QED) is 0.383. The van der Waals surface area contributed by atoms with Crippen molar-refractivity contribution in [3.8, 4) is 0 Å². The molecule has 3 rings (SSSR count). The highest BCUT2D eigenvalue weighted by molar-refractivity contribution is 6.30. The van der Waals surface area contributed by atoms with Crippen LogP contribution in [0.2, 0.25) is 5.02 Å². The van der Waals surface area contributed by atoms with Gasteiger partial charge in [-0.15, -0.1) is 0 Å². The van der Waals surface area contributed by atoms with Crippen LogP contribution in [-0.4, -0.2) is 24.3 Å². The molecule has 6 heteroatoms. The molecule has 5 nitrogen and oxygen atoms in total. The fourth-order valence-corrected chi connectivity index (χ4v) is 2.86. The predicted molar refractivity (Wildman–Crippen MR) is 112 cm³/mol. The van der Waals surface area contributed by atoms with E-state index >= 15 is 0 Å². The molecule has 0 radical (unpaired) electrons. The number of esters is 2. The second-order valence-electron chi connectivity index (χ2n) is 6.41. The Bertz CT molecular complexity index is 1030. The minimum absolute atomic E-state index is 0.0775. The van der Waals surface area contributed by atoms with Gasteiger partial charge in [-0.3, -0.25) is 9.59 Å². The van der Waals surface area contributed by atoms with E-state index in [1.807, 2.05) is 30.3 Å². The van der Waals surface area contributed by atoms with E-state index in [2.05, 4.69) is 0 Å². The Kier molecular flexibility index (Phi) is 7.35. The zero-order valence-electron chi connectivity index (χ0n) is 16.0. The van der Waals surface area contributed by atoms with Gasteiger partial charge < -0.3 is 9.47 Å². The van der Waals surface area contributed by atoms with E-state index in [9.17, 15) is 14.4 Å². The molecule has 0 heterocycles. The molecular formula is C24H19ClO5. The number of carbonyl (C=O) groups is 3. The van der Waals surface area contributed by atoms with E-state index in [0.717, 1.165) is 5.56 Å². The topological polar surface area (TPSA) is 69.7 Å². The number of ketones is 1. The molecule has 0 fully saturated rings. The second-order valence-corrected chi connectivity index (χ2v) is 6.85. The first-order chi connectivity index (χ1) is 14.5. The van der Waals surface area contributed by atoms with Gasteiger partial charge in [-0.25, -0.2) is 4.79 Å². The molecule has 152 valence electrons. The van der Waals surface area contributed by atoms with Gasteiger partial charge in [-0.2, -0.15) is 0 Å². The zero-order chi connectivity index (χ0) is 21.3. The molecule has 0 spiro atoms. The van der Waals surface area contributed by atoms with Crippen molar-refractivity contribution in [2.75, 3.05) is 6.61 Å². The van der Waals surface area contributed by atoms with Crippen molar-refractivity contribution in [1.29, 1.82) is 0 Å². The van der Waals surface area contributed by atoms with Gasteiger partial charge in [0.1, 0.15) is 13.2 Å². The first kappa shape index (κ1) is 21.3. The molecule has 30 heavy (non-hydrogen) atoms. The number of carbonyl (C=O) groups excluding carboxylic acids is 3. The van der Waals surface area contributed by atoms with Crippen LogP contribution in [0.1, 0.15) is 38.3 Å². The lowest BCUT2D eigenvalue weighted by Gasteiger charge is -2.09. The summed E-state index contributed by atoms with van der Waals surface area (Å²) in [6, 6.07) is 22.1. The summed E-state index contributed by atoms with van der Waals surface area (Å²) < 4.78 is 10.3. The lowest BCUT2D eigenvalue weighted by Crippen LogP contribution is -2.15. The van der Waals surface area contributed by atoms with E-state index in [4.69, 9.17) is 21.1 Å². The molecule has 0 N–H and O–H groups in total. The predicted octanol–water partition coefficient (Wildman–Crippen LogP) is 4.86. The summed E-state index contributed by atoms with van der Waals surface area (Å²) in [4.78, 5) is 37.1. The third kappa shape index (κ3) is 5.78. The Morgan fingerprint density at radius 1 is 0.733 bits per heavy atom. The van der Waals surface area contributed by atoms with Crippen LogP contribution in [0.5, 0.6) is 0 Å². The summed E-state index contributed by atoms with van der Waals surface area (Å²) in [6.45, 7) is 0.0158. The van der Waals surface area contributed by atoms with E-state index in [-0.39, 0.29) is 36.5 Å². The summed E-state index contributed by atoms with van der Waals surface area (Å²) in [5.41, 5.74) is 1.63. The van der Waals surface area contributed by atoms with Gasteiger partial charge in [0.2, 0.25) is 0 Å². The van der Waals surface area contributed by atoms with Crippen molar-refractivity contribution in [3.63, 3.8) is 0 Å². The maximum absolute atomic E-state index is 12.8. The first-order valence-corrected chi connectivity index (χ1v) is 9.68. The third-order valence-electron chi connectivity index (χ3n) is 4.28. The molecule has 0 amide bonds. The van der Waals surface area contributed by atoms with Crippen LogP contribution in [0, 0.1) is 0 Å². The van der Waals surface area contributed by atoms with Crippen LogP contribution < -0.4 is 0 Å². The average Bonchev–Trinajstić information content (AvgIpc) is 2.78. The highest BCUT2D eigenvalue weighted by Crippen LogP contribution is 2.18. The number of ether oxygens (including phenoxy) is 2. The largest absolute Gasteiger partial charge is 0.461 e. The summed E-state index contributed by atoms with van der Waals surface area (Å²) in [6.07, 6.45) is -0.0775. The van der Waals surface area contributed by atoms with Crippen molar-refractivity contribution >= 4 is 29.3 Å². The molecule has 0 saturated heterocycles. The van der Waals surface area contributed by atoms with Crippen LogP contribution in [0.4, 0.5) is 0 Å². The standard InChI is InChI=1S/C24H19ClO5/c25-19-12-10-18(11-13-19)23(27)20-8-4-5-9-21(20)24(28)29-15-14-22(26)30-16-17-6-2-1-3-7-17/h1-13H,14-16H2. The van der Waals surface area contributed by atoms with Crippen molar-refractivity contribution in [2.24, 2.45) is 0 Å². The molecule has 0 saturated carbocycles. The summed E-state index contributed by atoms with van der Waals surface area (Å²) in [5, 5.41) is 0.512. The molecule has 3 aromatic carbocycles. The van der Waals surface area contributed by atoms with Gasteiger partial charge in [0.25, 0.3) is 0 Å². The molecule has 0 bridgehead atoms. The first-order valence-electron chi connectivity index (χ1n) is 9.30. The highest BCUT2D eigenvalue weighted by atomic mass is 35.5. The summed E-state index contributed by atoms with van der Waals surface area (Å²) in [5.74, 6) is -1.47. The normalized spacial score (nSPS) is 10.3. The minimum Gasteiger partial charge on any atom is -0.461 e. The Hall–Kier alpha value is -3.44. The van der Waals surface area contributed by atoms with Crippen LogP contribution >= 0.6 is 11.6 Å². The maximum Gasteiger partial charge on any atom is 0.338 e. The van der Waals surface area contributed by atoms with Gasteiger partial charge in [-0.05, 0) is 35.9 Å². The number of benzene rings is 3. The molecule has 0 aliphatic heterocycles. The monoisotopic (exact) mass is 422 g/mol. The van der Waals surface area contributed by atoms with Crippen molar-refractivity contribution in [1.82, 2.24) is 0 Å². The number of hydrogen-bond acceptors (Lipinski definition) is 5. The van der Waals surface area contributed by atoms with Gasteiger partial charge in [0.15, 0.2) is 5.78 Å². The number of halogens is 1. The zero-order valence-corrected chi connectivity index (χ0v) is 16.8. The SMILES string of the molecule is O=C(CCOC(=O)c1ccccc1C(=O)c1ccc(Cl)cc1)OCc1ccccc1. The second kappa shape index (κ2) is 10.4. The van der Waals surface area contributed by atoms with E-state index < -0.39 is 11.9 Å². The Balaban J connectivity index is 1.56. The van der Waals surface area contributed by atoms with Gasteiger partial charge >= 0.3 is 11.9 Å². The number of hydrogen-bond donors (Lipinski definition) is 0. The fourth-order valence-electron chi connectivity index (χ4n) is 2.73. The fraction of sp³-hybridized carbons (Fsp3) is 0.125. The number of rotatable bonds is 8. The van der Waals surface area contributed by atoms with Gasteiger partial charge in [0.05, 0.1) is 12.0 Å². The molecule has 0 aromatic heterocycles. The van der Waals surface area contributed by atoms with E-state index in [1.54, 1.807) is 42.5 Å². The molecule has 0 unspecified atom stereocenters. The lowest BCUT2D eigenvalue weighted by atomic mass is 9.98. The van der Waals surface area contributed by atoms with Crippen LogP contribution in [-0.2, 0) is 20.9 Å². The van der Waals surface area contributed by atoms with Crippen LogP contribution in [0.25, 0.3) is 0 Å². The van der Waals surface area contributed by atoms with Crippen molar-refractivity contribution in [3.05, 3.63) is 106 Å². The minimum atomic E-state index is -0.677. The summed E-state index contributed by atoms with van der Waals surface area (Å²) >= 11 is 5.86. The van der Waals surface area contributed by atoms with E-state index in [1.165, 1.54) is 6.07 Å². The van der Waals surface area contributed by atoms with Crippen molar-refractivity contribution < 1.29 is 23.9 Å². The molecule has 0 atom stereocenters. The molecule has 0 aliphatic carbocycles. The smallest absolute Gasteiger partial charge is 0.338 e. The Morgan fingerprint density at radius 3 is 2.07 bits per heavy atom. The van der Waals surface area contributed by atoms with Crippen LogP contribution in [0.15, 0.2) is 78.9 Å². The third-order valence-corrected chi connectivity index (χ3v) is 4.53. The van der Waals surface area contributed by atoms with Gasteiger partial charge in [-0.1, -0.05) is 60.1 Å². The molecular weight excluding hydrogens is 404 g/mol. The molecule has 3 aromatic rings. The maximum atomic E-state index is 12.8. The van der Waals surface area contributed by atoms with Gasteiger partial charge in [0, 0.05) is 16.1 Å². The summed E-state index contributed by atoms with van der Waals surface area (Å²) in [7, 11) is 0. The van der Waals surface area contributed by atoms with Crippen molar-refractivity contribution in [2.45, 2.75) is 13.0 Å². The van der Waals surface area contributed by atoms with Crippen LogP contribution in [0.3, 0.4) is 0 Å².